The Morgan fingerprint density at radius 2 is 1.94 bits per heavy atom. The lowest BCUT2D eigenvalue weighted by atomic mass is 10.0. The Balaban J connectivity index is 3.06. The van der Waals surface area contributed by atoms with Gasteiger partial charge in [-0.05, 0) is 33.1 Å². The Morgan fingerprint density at radius 3 is 2.35 bits per heavy atom. The molecule has 1 aromatic heterocycles. The second-order valence-corrected chi connectivity index (χ2v) is 5.76. The zero-order chi connectivity index (χ0) is 13.0. The van der Waals surface area contributed by atoms with Crippen LogP contribution >= 0.6 is 11.3 Å². The number of rotatable bonds is 6. The van der Waals surface area contributed by atoms with Crippen LogP contribution in [0.1, 0.15) is 57.5 Å². The Bertz CT molecular complexity index is 346. The first-order chi connectivity index (χ1) is 8.04. The second kappa shape index (κ2) is 6.36. The zero-order valence-electron chi connectivity index (χ0n) is 11.7. The van der Waals surface area contributed by atoms with E-state index in [4.69, 9.17) is 10.7 Å². The van der Waals surface area contributed by atoms with Crippen molar-refractivity contribution < 1.29 is 0 Å². The fourth-order valence-electron chi connectivity index (χ4n) is 1.92. The van der Waals surface area contributed by atoms with Crippen LogP contribution < -0.4 is 10.6 Å². The summed E-state index contributed by atoms with van der Waals surface area (Å²) in [6.45, 7) is 12.6. The minimum absolute atomic E-state index is 0.488. The van der Waals surface area contributed by atoms with Gasteiger partial charge in [0, 0.05) is 24.0 Å². The van der Waals surface area contributed by atoms with Gasteiger partial charge < -0.3 is 10.6 Å². The van der Waals surface area contributed by atoms with E-state index in [9.17, 15) is 0 Å². The van der Waals surface area contributed by atoms with Crippen LogP contribution in [0.25, 0.3) is 0 Å². The summed E-state index contributed by atoms with van der Waals surface area (Å²) in [5.74, 6) is 0.504. The van der Waals surface area contributed by atoms with E-state index in [0.717, 1.165) is 18.1 Å². The van der Waals surface area contributed by atoms with E-state index in [1.165, 1.54) is 10.6 Å². The van der Waals surface area contributed by atoms with E-state index in [0.29, 0.717) is 18.5 Å². The van der Waals surface area contributed by atoms with Gasteiger partial charge in [0.2, 0.25) is 0 Å². The highest BCUT2D eigenvalue weighted by molar-refractivity contribution is 7.15. The van der Waals surface area contributed by atoms with Crippen LogP contribution in [0, 0.1) is 0 Å². The van der Waals surface area contributed by atoms with Crippen molar-refractivity contribution in [1.82, 2.24) is 4.98 Å². The topological polar surface area (TPSA) is 42.2 Å². The van der Waals surface area contributed by atoms with Crippen LogP contribution in [-0.4, -0.2) is 17.6 Å². The Morgan fingerprint density at radius 1 is 1.29 bits per heavy atom. The van der Waals surface area contributed by atoms with Gasteiger partial charge in [-0.3, -0.25) is 0 Å². The van der Waals surface area contributed by atoms with E-state index in [-0.39, 0.29) is 0 Å². The molecule has 0 aliphatic carbocycles. The quantitative estimate of drug-likeness (QED) is 0.847. The largest absolute Gasteiger partial charge is 0.346 e. The number of aromatic nitrogens is 1. The maximum absolute atomic E-state index is 5.83. The molecular formula is C13H25N3S. The molecule has 0 aliphatic heterocycles. The molecule has 0 amide bonds. The SMILES string of the molecule is CCC(C)c1nc(N(CC)C(C)C)sc1CN. The minimum Gasteiger partial charge on any atom is -0.346 e. The molecule has 1 atom stereocenters. The van der Waals surface area contributed by atoms with Crippen LogP contribution in [-0.2, 0) is 6.54 Å². The van der Waals surface area contributed by atoms with Gasteiger partial charge in [0.25, 0.3) is 0 Å². The molecule has 0 radical (unpaired) electrons. The first-order valence-electron chi connectivity index (χ1n) is 6.51. The second-order valence-electron chi connectivity index (χ2n) is 4.70. The maximum Gasteiger partial charge on any atom is 0.186 e. The van der Waals surface area contributed by atoms with Crippen LogP contribution in [0.15, 0.2) is 0 Å². The lowest BCUT2D eigenvalue weighted by Crippen LogP contribution is -2.30. The number of anilines is 1. The first kappa shape index (κ1) is 14.5. The molecule has 17 heavy (non-hydrogen) atoms. The molecule has 0 spiro atoms. The smallest absolute Gasteiger partial charge is 0.186 e. The molecule has 0 bridgehead atoms. The van der Waals surface area contributed by atoms with E-state index < -0.39 is 0 Å². The summed E-state index contributed by atoms with van der Waals surface area (Å²) in [6.07, 6.45) is 1.12. The number of thiazole rings is 1. The maximum atomic E-state index is 5.83. The summed E-state index contributed by atoms with van der Waals surface area (Å²) in [4.78, 5) is 8.38. The van der Waals surface area contributed by atoms with Crippen LogP contribution in [0.3, 0.4) is 0 Å². The number of hydrogen-bond acceptors (Lipinski definition) is 4. The van der Waals surface area contributed by atoms with Crippen molar-refractivity contribution in [2.75, 3.05) is 11.4 Å². The molecule has 1 aromatic rings. The van der Waals surface area contributed by atoms with Crippen LogP contribution in [0.5, 0.6) is 0 Å². The molecule has 1 rings (SSSR count). The summed E-state index contributed by atoms with van der Waals surface area (Å²) in [6, 6.07) is 0.488. The standard InChI is InChI=1S/C13H25N3S/c1-6-10(5)12-11(8-14)17-13(15-12)16(7-2)9(3)4/h9-10H,6-8,14H2,1-5H3. The molecule has 0 saturated carbocycles. The van der Waals surface area contributed by atoms with E-state index in [1.807, 2.05) is 0 Å². The average Bonchev–Trinajstić information content (AvgIpc) is 2.72. The lowest BCUT2D eigenvalue weighted by Gasteiger charge is -2.24. The summed E-state index contributed by atoms with van der Waals surface area (Å²) in [5, 5.41) is 1.12. The van der Waals surface area contributed by atoms with E-state index >= 15 is 0 Å². The summed E-state index contributed by atoms with van der Waals surface area (Å²) >= 11 is 1.75. The molecule has 98 valence electrons. The summed E-state index contributed by atoms with van der Waals surface area (Å²) < 4.78 is 0. The van der Waals surface area contributed by atoms with Crippen molar-refractivity contribution in [2.45, 2.75) is 59.5 Å². The average molecular weight is 255 g/mol. The Kier molecular flexibility index (Phi) is 5.40. The molecule has 1 unspecified atom stereocenters. The van der Waals surface area contributed by atoms with Crippen molar-refractivity contribution in [3.05, 3.63) is 10.6 Å². The van der Waals surface area contributed by atoms with Crippen molar-refractivity contribution in [3.63, 3.8) is 0 Å². The van der Waals surface area contributed by atoms with Gasteiger partial charge in [-0.2, -0.15) is 0 Å². The monoisotopic (exact) mass is 255 g/mol. The van der Waals surface area contributed by atoms with Crippen molar-refractivity contribution in [3.8, 4) is 0 Å². The molecular weight excluding hydrogens is 230 g/mol. The molecule has 0 aromatic carbocycles. The summed E-state index contributed by atoms with van der Waals surface area (Å²) in [7, 11) is 0. The molecule has 3 nitrogen and oxygen atoms in total. The highest BCUT2D eigenvalue weighted by atomic mass is 32.1. The normalized spacial score (nSPS) is 13.1. The lowest BCUT2D eigenvalue weighted by molar-refractivity contribution is 0.681. The highest BCUT2D eigenvalue weighted by Crippen LogP contribution is 2.32. The van der Waals surface area contributed by atoms with Gasteiger partial charge >= 0.3 is 0 Å². The number of nitrogens with two attached hydrogens (primary N) is 1. The predicted octanol–water partition coefficient (Wildman–Crippen LogP) is 3.35. The van der Waals surface area contributed by atoms with Crippen LogP contribution in [0.4, 0.5) is 5.13 Å². The third kappa shape index (κ3) is 3.19. The van der Waals surface area contributed by atoms with Crippen LogP contribution in [0.2, 0.25) is 0 Å². The number of nitrogens with zero attached hydrogens (tertiary/aromatic N) is 2. The van der Waals surface area contributed by atoms with Gasteiger partial charge in [-0.15, -0.1) is 11.3 Å². The Labute approximate surface area is 109 Å². The molecule has 0 fully saturated rings. The highest BCUT2D eigenvalue weighted by Gasteiger charge is 2.19. The fourth-order valence-corrected chi connectivity index (χ4v) is 3.18. The summed E-state index contributed by atoms with van der Waals surface area (Å²) in [5.41, 5.74) is 7.03. The fraction of sp³-hybridized carbons (Fsp3) is 0.769. The van der Waals surface area contributed by atoms with Gasteiger partial charge in [0.05, 0.1) is 5.69 Å². The van der Waals surface area contributed by atoms with Gasteiger partial charge in [-0.1, -0.05) is 13.8 Å². The number of hydrogen-bond donors (Lipinski definition) is 1. The Hall–Kier alpha value is -0.610. The molecule has 4 heteroatoms. The minimum atomic E-state index is 0.488. The zero-order valence-corrected chi connectivity index (χ0v) is 12.5. The van der Waals surface area contributed by atoms with E-state index in [2.05, 4.69) is 39.5 Å². The van der Waals surface area contributed by atoms with Crippen molar-refractivity contribution in [2.24, 2.45) is 5.73 Å². The van der Waals surface area contributed by atoms with Gasteiger partial charge in [0.1, 0.15) is 0 Å². The van der Waals surface area contributed by atoms with Crippen molar-refractivity contribution in [1.29, 1.82) is 0 Å². The third-order valence-corrected chi connectivity index (χ3v) is 4.32. The van der Waals surface area contributed by atoms with Crippen molar-refractivity contribution >= 4 is 16.5 Å². The molecule has 2 N–H and O–H groups in total. The molecule has 0 aliphatic rings. The van der Waals surface area contributed by atoms with E-state index in [1.54, 1.807) is 11.3 Å². The first-order valence-corrected chi connectivity index (χ1v) is 7.32. The third-order valence-electron chi connectivity index (χ3n) is 3.19. The predicted molar refractivity (Wildman–Crippen MR) is 76.9 cm³/mol. The van der Waals surface area contributed by atoms with Gasteiger partial charge in [-0.25, -0.2) is 4.98 Å². The van der Waals surface area contributed by atoms with Gasteiger partial charge in [0.15, 0.2) is 5.13 Å². The molecule has 1 heterocycles. The molecule has 0 saturated heterocycles.